The van der Waals surface area contributed by atoms with Crippen molar-refractivity contribution in [2.45, 2.75) is 0 Å². The van der Waals surface area contributed by atoms with Gasteiger partial charge in [-0.1, -0.05) is 24.3 Å². The molecule has 0 saturated carbocycles. The van der Waals surface area contributed by atoms with Crippen molar-refractivity contribution in [3.63, 3.8) is 0 Å². The summed E-state index contributed by atoms with van der Waals surface area (Å²) in [7, 11) is 0. The molecule has 0 saturated heterocycles. The molecule has 0 atom stereocenters. The highest BCUT2D eigenvalue weighted by atomic mass is 19.1. The fourth-order valence-electron chi connectivity index (χ4n) is 3.15. The predicted molar refractivity (Wildman–Crippen MR) is 98.3 cm³/mol. The van der Waals surface area contributed by atoms with Gasteiger partial charge in [-0.25, -0.2) is 9.18 Å². The van der Waals surface area contributed by atoms with Crippen molar-refractivity contribution in [2.75, 3.05) is 0 Å². The molecule has 0 unspecified atom stereocenters. The fourth-order valence-corrected chi connectivity index (χ4v) is 3.15. The number of phenolic OH excluding ortho intramolecular Hbond substituents is 2. The second-order valence-electron chi connectivity index (χ2n) is 6.02. The number of benzene rings is 3. The Kier molecular flexibility index (Phi) is 3.81. The van der Waals surface area contributed by atoms with Crippen LogP contribution in [0.2, 0.25) is 0 Å². The van der Waals surface area contributed by atoms with Crippen LogP contribution >= 0.6 is 0 Å². The summed E-state index contributed by atoms with van der Waals surface area (Å²) in [6.45, 7) is 0. The minimum atomic E-state index is -0.753. The molecule has 0 aliphatic rings. The minimum absolute atomic E-state index is 0.0509. The maximum Gasteiger partial charge on any atom is 0.339 e. The van der Waals surface area contributed by atoms with E-state index in [1.54, 1.807) is 12.1 Å². The molecule has 0 spiro atoms. The average molecular weight is 364 g/mol. The van der Waals surface area contributed by atoms with Gasteiger partial charge in [0.1, 0.15) is 28.8 Å². The lowest BCUT2D eigenvalue weighted by Gasteiger charge is -2.15. The number of hydrogen-bond acceptors (Lipinski definition) is 5. The summed E-state index contributed by atoms with van der Waals surface area (Å²) >= 11 is 0. The molecule has 4 rings (SSSR count). The normalized spacial score (nSPS) is 11.0. The van der Waals surface area contributed by atoms with Crippen molar-refractivity contribution in [1.82, 2.24) is 0 Å². The molecule has 3 N–H and O–H groups in total. The Bertz CT molecular complexity index is 1230. The van der Waals surface area contributed by atoms with Crippen molar-refractivity contribution in [1.29, 1.82) is 0 Å². The van der Waals surface area contributed by atoms with E-state index in [2.05, 4.69) is 0 Å². The molecule has 3 aromatic carbocycles. The van der Waals surface area contributed by atoms with Gasteiger partial charge in [0.2, 0.25) is 0 Å². The van der Waals surface area contributed by atoms with Gasteiger partial charge >= 0.3 is 5.63 Å². The topological polar surface area (TPSA) is 90.9 Å². The maximum atomic E-state index is 13.3. The van der Waals surface area contributed by atoms with E-state index in [-0.39, 0.29) is 28.4 Å². The molecule has 134 valence electrons. The maximum absolute atomic E-state index is 13.3. The lowest BCUT2D eigenvalue weighted by atomic mass is 9.91. The zero-order valence-electron chi connectivity index (χ0n) is 13.8. The molecular formula is C21H13FO5. The third-order valence-electron chi connectivity index (χ3n) is 4.28. The molecule has 1 heterocycles. The van der Waals surface area contributed by atoms with E-state index in [1.807, 2.05) is 0 Å². The average Bonchev–Trinajstić information content (AvgIpc) is 2.61. The van der Waals surface area contributed by atoms with Crippen molar-refractivity contribution >= 4 is 10.8 Å². The van der Waals surface area contributed by atoms with Gasteiger partial charge in [0.25, 0.3) is 0 Å². The Hall–Kier alpha value is -3.80. The van der Waals surface area contributed by atoms with Crippen LogP contribution in [0.4, 0.5) is 4.39 Å². The Morgan fingerprint density at radius 2 is 1.59 bits per heavy atom. The summed E-state index contributed by atoms with van der Waals surface area (Å²) in [6, 6.07) is 13.8. The number of fused-ring (bicyclic) bond motifs is 1. The highest BCUT2D eigenvalue weighted by molar-refractivity contribution is 6.08. The number of hydrogen-bond donors (Lipinski definition) is 3. The van der Waals surface area contributed by atoms with E-state index in [0.29, 0.717) is 22.1 Å². The Labute approximate surface area is 152 Å². The van der Waals surface area contributed by atoms with Gasteiger partial charge in [-0.2, -0.15) is 0 Å². The van der Waals surface area contributed by atoms with E-state index in [9.17, 15) is 24.5 Å². The van der Waals surface area contributed by atoms with E-state index < -0.39 is 11.4 Å². The lowest BCUT2D eigenvalue weighted by molar-refractivity contribution is 0.453. The van der Waals surface area contributed by atoms with Crippen molar-refractivity contribution in [3.8, 4) is 39.7 Å². The van der Waals surface area contributed by atoms with Gasteiger partial charge in [0.05, 0.1) is 11.5 Å². The first-order valence-corrected chi connectivity index (χ1v) is 8.02. The Balaban J connectivity index is 2.17. The van der Waals surface area contributed by atoms with E-state index in [1.165, 1.54) is 42.5 Å². The van der Waals surface area contributed by atoms with Gasteiger partial charge in [0.15, 0.2) is 0 Å². The molecule has 5 nitrogen and oxygen atoms in total. The zero-order valence-corrected chi connectivity index (χ0v) is 13.8. The van der Waals surface area contributed by atoms with Crippen LogP contribution in [-0.4, -0.2) is 15.3 Å². The van der Waals surface area contributed by atoms with Crippen LogP contribution in [-0.2, 0) is 0 Å². The molecule has 0 bridgehead atoms. The Morgan fingerprint density at radius 1 is 0.852 bits per heavy atom. The number of phenols is 2. The first-order chi connectivity index (χ1) is 12.9. The third-order valence-corrected chi connectivity index (χ3v) is 4.28. The SMILES string of the molecule is O=c1cc(O)cc(-c2c(-c3ccc(F)cc3)cc(O)c3c(O)cccc23)o1. The van der Waals surface area contributed by atoms with Crippen LogP contribution in [0.1, 0.15) is 0 Å². The summed E-state index contributed by atoms with van der Waals surface area (Å²) in [5.41, 5.74) is 0.618. The van der Waals surface area contributed by atoms with Crippen LogP contribution in [0, 0.1) is 5.82 Å². The summed E-state index contributed by atoms with van der Waals surface area (Å²) in [6.07, 6.45) is 0. The van der Waals surface area contributed by atoms with Crippen molar-refractivity contribution in [2.24, 2.45) is 0 Å². The molecule has 0 fully saturated rings. The van der Waals surface area contributed by atoms with Crippen LogP contribution in [0.5, 0.6) is 17.2 Å². The molecule has 0 aliphatic carbocycles. The Morgan fingerprint density at radius 3 is 2.30 bits per heavy atom. The first-order valence-electron chi connectivity index (χ1n) is 8.02. The molecule has 27 heavy (non-hydrogen) atoms. The van der Waals surface area contributed by atoms with E-state index >= 15 is 0 Å². The summed E-state index contributed by atoms with van der Waals surface area (Å²) in [4.78, 5) is 11.8. The van der Waals surface area contributed by atoms with E-state index in [4.69, 9.17) is 4.42 Å². The standard InChI is InChI=1S/C21H13FO5/c22-12-6-4-11(5-7-12)15-10-17(25)21-14(2-1-3-16(21)24)20(15)18-8-13(23)9-19(26)27-18/h1-10,23-25H. The first kappa shape index (κ1) is 16.7. The third kappa shape index (κ3) is 2.87. The monoisotopic (exact) mass is 364 g/mol. The molecule has 4 aromatic rings. The zero-order chi connectivity index (χ0) is 19.1. The molecule has 0 aliphatic heterocycles. The van der Waals surface area contributed by atoms with Gasteiger partial charge in [0, 0.05) is 17.0 Å². The lowest BCUT2D eigenvalue weighted by Crippen LogP contribution is -1.98. The quantitative estimate of drug-likeness (QED) is 0.491. The number of aromatic hydroxyl groups is 3. The van der Waals surface area contributed by atoms with E-state index in [0.717, 1.165) is 6.07 Å². The molecule has 6 heteroatoms. The van der Waals surface area contributed by atoms with Gasteiger partial charge in [-0.3, -0.25) is 0 Å². The molecule has 0 amide bonds. The second kappa shape index (κ2) is 6.17. The fraction of sp³-hybridized carbons (Fsp3) is 0. The smallest absolute Gasteiger partial charge is 0.339 e. The van der Waals surface area contributed by atoms with Crippen molar-refractivity contribution in [3.05, 3.63) is 76.9 Å². The summed E-state index contributed by atoms with van der Waals surface area (Å²) in [5, 5.41) is 31.0. The molecule has 0 radical (unpaired) electrons. The van der Waals surface area contributed by atoms with Crippen LogP contribution in [0.3, 0.4) is 0 Å². The van der Waals surface area contributed by atoms with Gasteiger partial charge in [-0.05, 0) is 35.4 Å². The number of halogens is 1. The predicted octanol–water partition coefficient (Wildman–Crippen LogP) is 4.38. The van der Waals surface area contributed by atoms with Gasteiger partial charge < -0.3 is 19.7 Å². The largest absolute Gasteiger partial charge is 0.508 e. The second-order valence-corrected chi connectivity index (χ2v) is 6.02. The van der Waals surface area contributed by atoms with Crippen LogP contribution < -0.4 is 5.63 Å². The number of rotatable bonds is 2. The summed E-state index contributed by atoms with van der Waals surface area (Å²) < 4.78 is 18.6. The highest BCUT2D eigenvalue weighted by Crippen LogP contribution is 2.45. The molecular weight excluding hydrogens is 351 g/mol. The minimum Gasteiger partial charge on any atom is -0.508 e. The van der Waals surface area contributed by atoms with Crippen LogP contribution in [0.25, 0.3) is 33.2 Å². The molecule has 1 aromatic heterocycles. The van der Waals surface area contributed by atoms with Gasteiger partial charge in [-0.15, -0.1) is 0 Å². The summed E-state index contributed by atoms with van der Waals surface area (Å²) in [5.74, 6) is -0.998. The highest BCUT2D eigenvalue weighted by Gasteiger charge is 2.19. The van der Waals surface area contributed by atoms with Crippen LogP contribution in [0.15, 0.2) is 69.9 Å². The van der Waals surface area contributed by atoms with Crippen molar-refractivity contribution < 1.29 is 24.1 Å².